The number of benzene rings is 5. The van der Waals surface area contributed by atoms with Crippen molar-refractivity contribution < 1.29 is 33.6 Å². The standard InChI is InChI=1S/C42H40O7/c1-28-25-46-38(39(43)40(28)49-41(44)47-26-37-35-19-11-9-17-33(35)34-18-10-12-20-36(34)37)27-48-42(29-13-5-3-6-14-29,30-15-7-4-8-16-30)31-21-23-32(45-2)24-22-31/h3-24,28,37-40,43H,25-27H2,1-2H3/t28?,38?,39?,40-/m1/s1. The van der Waals surface area contributed by atoms with E-state index in [-0.39, 0.29) is 31.7 Å². The lowest BCUT2D eigenvalue weighted by molar-refractivity contribution is -0.190. The molecule has 1 aliphatic heterocycles. The zero-order valence-corrected chi connectivity index (χ0v) is 27.6. The van der Waals surface area contributed by atoms with Crippen LogP contribution in [0.4, 0.5) is 4.79 Å². The molecule has 0 saturated carbocycles. The van der Waals surface area contributed by atoms with Crippen LogP contribution < -0.4 is 4.74 Å². The number of aliphatic hydroxyl groups is 1. The minimum absolute atomic E-state index is 0.0221. The van der Waals surface area contributed by atoms with E-state index in [9.17, 15) is 9.90 Å². The normalized spacial score (nSPS) is 20.2. The summed E-state index contributed by atoms with van der Waals surface area (Å²) in [4.78, 5) is 13.2. The second-order valence-corrected chi connectivity index (χ2v) is 12.7. The highest BCUT2D eigenvalue weighted by Crippen LogP contribution is 2.45. The van der Waals surface area contributed by atoms with E-state index in [4.69, 9.17) is 23.7 Å². The minimum atomic E-state index is -1.15. The van der Waals surface area contributed by atoms with E-state index in [2.05, 4.69) is 24.3 Å². The first kappa shape index (κ1) is 32.6. The molecule has 7 rings (SSSR count). The molecule has 49 heavy (non-hydrogen) atoms. The molecule has 7 heteroatoms. The Hall–Kier alpha value is -4.95. The monoisotopic (exact) mass is 656 g/mol. The fourth-order valence-corrected chi connectivity index (χ4v) is 7.21. The summed E-state index contributed by atoms with van der Waals surface area (Å²) in [6, 6.07) is 44.1. The Kier molecular flexibility index (Phi) is 9.49. The highest BCUT2D eigenvalue weighted by Gasteiger charge is 2.44. The van der Waals surface area contributed by atoms with Gasteiger partial charge in [-0.3, -0.25) is 0 Å². The fraction of sp³-hybridized carbons (Fsp3) is 0.262. The van der Waals surface area contributed by atoms with Gasteiger partial charge in [0, 0.05) is 11.8 Å². The van der Waals surface area contributed by atoms with E-state index in [0.29, 0.717) is 0 Å². The van der Waals surface area contributed by atoms with Gasteiger partial charge in [-0.05, 0) is 51.1 Å². The van der Waals surface area contributed by atoms with Crippen LogP contribution in [0.2, 0.25) is 0 Å². The molecule has 3 unspecified atom stereocenters. The van der Waals surface area contributed by atoms with Gasteiger partial charge in [0.15, 0.2) is 0 Å². The van der Waals surface area contributed by atoms with Crippen molar-refractivity contribution in [1.29, 1.82) is 0 Å². The van der Waals surface area contributed by atoms with Gasteiger partial charge in [0.2, 0.25) is 0 Å². The average molecular weight is 657 g/mol. The van der Waals surface area contributed by atoms with E-state index in [1.165, 1.54) is 0 Å². The van der Waals surface area contributed by atoms with E-state index in [1.807, 2.05) is 116 Å². The maximum Gasteiger partial charge on any atom is 0.508 e. The molecule has 0 bridgehead atoms. The number of fused-ring (bicyclic) bond motifs is 3. The van der Waals surface area contributed by atoms with Crippen LogP contribution in [0.1, 0.15) is 40.7 Å². The third kappa shape index (κ3) is 6.33. The number of hydrogen-bond acceptors (Lipinski definition) is 7. The Morgan fingerprint density at radius 2 is 1.27 bits per heavy atom. The number of carbonyl (C=O) groups excluding carboxylic acids is 1. The molecule has 1 saturated heterocycles. The van der Waals surface area contributed by atoms with Crippen molar-refractivity contribution in [2.75, 3.05) is 26.9 Å². The maximum atomic E-state index is 13.2. The van der Waals surface area contributed by atoms with Gasteiger partial charge in [-0.25, -0.2) is 4.79 Å². The first-order valence-corrected chi connectivity index (χ1v) is 16.7. The van der Waals surface area contributed by atoms with Crippen molar-refractivity contribution >= 4 is 6.16 Å². The summed E-state index contributed by atoms with van der Waals surface area (Å²) in [6.07, 6.45) is -3.58. The fourth-order valence-electron chi connectivity index (χ4n) is 7.21. The number of ether oxygens (including phenoxy) is 5. The van der Waals surface area contributed by atoms with Gasteiger partial charge < -0.3 is 28.8 Å². The molecule has 0 radical (unpaired) electrons. The van der Waals surface area contributed by atoms with E-state index < -0.39 is 30.1 Å². The summed E-state index contributed by atoms with van der Waals surface area (Å²) in [5.74, 6) is 0.369. The van der Waals surface area contributed by atoms with Crippen molar-refractivity contribution in [3.05, 3.63) is 161 Å². The van der Waals surface area contributed by atoms with Crippen LogP contribution in [-0.4, -0.2) is 56.5 Å². The molecule has 0 spiro atoms. The van der Waals surface area contributed by atoms with Crippen LogP contribution in [0.25, 0.3) is 11.1 Å². The molecule has 1 aliphatic carbocycles. The van der Waals surface area contributed by atoms with Crippen LogP contribution in [0.3, 0.4) is 0 Å². The van der Waals surface area contributed by atoms with Crippen LogP contribution >= 0.6 is 0 Å². The van der Waals surface area contributed by atoms with Gasteiger partial charge in [0.05, 0.1) is 20.3 Å². The van der Waals surface area contributed by atoms with Gasteiger partial charge in [-0.2, -0.15) is 0 Å². The minimum Gasteiger partial charge on any atom is -0.497 e. The van der Waals surface area contributed by atoms with Gasteiger partial charge >= 0.3 is 6.16 Å². The Morgan fingerprint density at radius 1 is 0.735 bits per heavy atom. The van der Waals surface area contributed by atoms with E-state index in [1.54, 1.807) is 7.11 Å². The average Bonchev–Trinajstić information content (AvgIpc) is 3.48. The summed E-state index contributed by atoms with van der Waals surface area (Å²) < 4.78 is 30.1. The van der Waals surface area contributed by atoms with Gasteiger partial charge in [-0.15, -0.1) is 0 Å². The Morgan fingerprint density at radius 3 is 1.84 bits per heavy atom. The molecule has 2 aliphatic rings. The van der Waals surface area contributed by atoms with E-state index >= 15 is 0 Å². The molecule has 4 atom stereocenters. The van der Waals surface area contributed by atoms with Crippen molar-refractivity contribution in [3.63, 3.8) is 0 Å². The zero-order valence-electron chi connectivity index (χ0n) is 27.6. The van der Waals surface area contributed by atoms with Gasteiger partial charge in [0.1, 0.15) is 36.3 Å². The van der Waals surface area contributed by atoms with Crippen LogP contribution in [0.15, 0.2) is 133 Å². The summed E-state index contributed by atoms with van der Waals surface area (Å²) >= 11 is 0. The number of rotatable bonds is 10. The first-order valence-electron chi connectivity index (χ1n) is 16.7. The van der Waals surface area contributed by atoms with Gasteiger partial charge in [-0.1, -0.05) is 128 Å². The molecule has 7 nitrogen and oxygen atoms in total. The Balaban J connectivity index is 1.09. The van der Waals surface area contributed by atoms with Crippen LogP contribution in [-0.2, 0) is 24.5 Å². The summed E-state index contributed by atoms with van der Waals surface area (Å²) in [5, 5.41) is 11.6. The van der Waals surface area contributed by atoms with Crippen LogP contribution in [0, 0.1) is 5.92 Å². The lowest BCUT2D eigenvalue weighted by atomic mass is 9.80. The van der Waals surface area contributed by atoms with Crippen molar-refractivity contribution in [3.8, 4) is 16.9 Å². The third-order valence-electron chi connectivity index (χ3n) is 9.74. The van der Waals surface area contributed by atoms with Gasteiger partial charge in [0.25, 0.3) is 0 Å². The zero-order chi connectivity index (χ0) is 33.8. The molecule has 5 aromatic rings. The van der Waals surface area contributed by atoms with Crippen LogP contribution in [0.5, 0.6) is 5.75 Å². The highest BCUT2D eigenvalue weighted by molar-refractivity contribution is 5.79. The predicted molar refractivity (Wildman–Crippen MR) is 187 cm³/mol. The lowest BCUT2D eigenvalue weighted by Gasteiger charge is -2.41. The summed E-state index contributed by atoms with van der Waals surface area (Å²) in [5.41, 5.74) is 6.20. The lowest BCUT2D eigenvalue weighted by Crippen LogP contribution is -2.53. The molecule has 0 aromatic heterocycles. The van der Waals surface area contributed by atoms with Crippen molar-refractivity contribution in [2.24, 2.45) is 5.92 Å². The third-order valence-corrected chi connectivity index (χ3v) is 9.74. The predicted octanol–water partition coefficient (Wildman–Crippen LogP) is 7.73. The maximum absolute atomic E-state index is 13.2. The number of hydrogen-bond donors (Lipinski definition) is 1. The molecule has 1 fully saturated rings. The molecular formula is C42H40O7. The number of aliphatic hydroxyl groups excluding tert-OH is 1. The number of carbonyl (C=O) groups is 1. The summed E-state index contributed by atoms with van der Waals surface area (Å²) in [6.45, 7) is 2.32. The largest absolute Gasteiger partial charge is 0.508 e. The quantitative estimate of drug-likeness (QED) is 0.122. The molecule has 250 valence electrons. The molecule has 1 heterocycles. The van der Waals surface area contributed by atoms with Crippen molar-refractivity contribution in [2.45, 2.75) is 36.8 Å². The topological polar surface area (TPSA) is 83.5 Å². The van der Waals surface area contributed by atoms with Crippen molar-refractivity contribution in [1.82, 2.24) is 0 Å². The first-order chi connectivity index (χ1) is 24.0. The number of methoxy groups -OCH3 is 1. The smallest absolute Gasteiger partial charge is 0.497 e. The molecule has 1 N–H and O–H groups in total. The highest BCUT2D eigenvalue weighted by atomic mass is 16.7. The Labute approximate surface area is 287 Å². The summed E-state index contributed by atoms with van der Waals surface area (Å²) in [7, 11) is 1.64. The molecular weight excluding hydrogens is 616 g/mol. The van der Waals surface area contributed by atoms with E-state index in [0.717, 1.165) is 44.7 Å². The Bertz CT molecular complexity index is 1770. The molecule has 0 amide bonds. The SMILES string of the molecule is COc1ccc(C(OCC2OCC(C)[C@@H](OC(=O)OCC3c4ccccc4-c4ccccc43)C2O)(c2ccccc2)c2ccccc2)cc1. The molecule has 5 aromatic carbocycles. The second-order valence-electron chi connectivity index (χ2n) is 12.7. The second kappa shape index (κ2) is 14.3.